The van der Waals surface area contributed by atoms with Crippen LogP contribution in [0.1, 0.15) is 30.9 Å². The number of nitrogens with one attached hydrogen (secondary N) is 1. The van der Waals surface area contributed by atoms with Gasteiger partial charge in [0, 0.05) is 4.47 Å². The van der Waals surface area contributed by atoms with Gasteiger partial charge in [-0.15, -0.1) is 0 Å². The van der Waals surface area contributed by atoms with Gasteiger partial charge >= 0.3 is 0 Å². The average Bonchev–Trinajstić information content (AvgIpc) is 2.54. The zero-order valence-electron chi connectivity index (χ0n) is 13.6. The van der Waals surface area contributed by atoms with Crippen LogP contribution in [0.15, 0.2) is 51.8 Å². The molecule has 0 bridgehead atoms. The van der Waals surface area contributed by atoms with E-state index in [2.05, 4.69) is 34.5 Å². The largest absolute Gasteiger partial charge is 0.492 e. The Labute approximate surface area is 151 Å². The van der Waals surface area contributed by atoms with Crippen molar-refractivity contribution in [1.29, 1.82) is 0 Å². The second-order valence-electron chi connectivity index (χ2n) is 6.31. The predicted octanol–water partition coefficient (Wildman–Crippen LogP) is 3.85. The average molecular weight is 410 g/mol. The molecule has 1 heterocycles. The Morgan fingerprint density at radius 3 is 2.54 bits per heavy atom. The quantitative estimate of drug-likeness (QED) is 0.833. The first kappa shape index (κ1) is 17.5. The maximum atomic E-state index is 12.6. The van der Waals surface area contributed by atoms with Gasteiger partial charge in [-0.2, -0.15) is 0 Å². The van der Waals surface area contributed by atoms with Crippen molar-refractivity contribution in [2.24, 2.45) is 0 Å². The maximum Gasteiger partial charge on any atom is 0.240 e. The molecule has 6 heteroatoms. The fourth-order valence-corrected chi connectivity index (χ4v) is 4.39. The Balaban J connectivity index is 1.75. The van der Waals surface area contributed by atoms with Crippen LogP contribution in [0.25, 0.3) is 0 Å². The zero-order valence-corrected chi connectivity index (χ0v) is 16.0. The molecule has 0 saturated carbocycles. The predicted molar refractivity (Wildman–Crippen MR) is 98.0 cm³/mol. The highest BCUT2D eigenvalue weighted by molar-refractivity contribution is 9.10. The molecule has 3 rings (SSSR count). The Hall–Kier alpha value is -1.37. The van der Waals surface area contributed by atoms with Gasteiger partial charge in [0.05, 0.1) is 10.9 Å². The summed E-state index contributed by atoms with van der Waals surface area (Å²) in [4.78, 5) is 0.284. The maximum absolute atomic E-state index is 12.6. The smallest absolute Gasteiger partial charge is 0.240 e. The molecule has 128 valence electrons. The van der Waals surface area contributed by atoms with Crippen LogP contribution in [-0.2, 0) is 16.4 Å². The third-order valence-electron chi connectivity index (χ3n) is 4.11. The van der Waals surface area contributed by atoms with Crippen molar-refractivity contribution < 1.29 is 13.2 Å². The molecule has 1 atom stereocenters. The standard InChI is InChI=1S/C18H20BrNO3S/c1-12(2)13-3-6-17(7-4-13)24(21,22)20-16-10-14-9-15(19)5-8-18(14)23-11-16/h3-9,12,16,20H,10-11H2,1-2H3. The van der Waals surface area contributed by atoms with Crippen LogP contribution in [0.3, 0.4) is 0 Å². The van der Waals surface area contributed by atoms with Crippen LogP contribution in [0, 0.1) is 0 Å². The van der Waals surface area contributed by atoms with Crippen molar-refractivity contribution in [1.82, 2.24) is 4.72 Å². The topological polar surface area (TPSA) is 55.4 Å². The SMILES string of the molecule is CC(C)c1ccc(S(=O)(=O)NC2COc3ccc(Br)cc3C2)cc1. The molecule has 0 radical (unpaired) electrons. The highest BCUT2D eigenvalue weighted by atomic mass is 79.9. The second-order valence-corrected chi connectivity index (χ2v) is 8.94. The first-order valence-electron chi connectivity index (χ1n) is 7.88. The van der Waals surface area contributed by atoms with Gasteiger partial charge in [-0.3, -0.25) is 0 Å². The molecular weight excluding hydrogens is 390 g/mol. The van der Waals surface area contributed by atoms with E-state index in [9.17, 15) is 8.42 Å². The van der Waals surface area contributed by atoms with E-state index in [0.717, 1.165) is 21.3 Å². The summed E-state index contributed by atoms with van der Waals surface area (Å²) in [5.74, 6) is 1.19. The fraction of sp³-hybridized carbons (Fsp3) is 0.333. The van der Waals surface area contributed by atoms with Crippen molar-refractivity contribution in [3.8, 4) is 5.75 Å². The summed E-state index contributed by atoms with van der Waals surface area (Å²) < 4.78 is 34.6. The van der Waals surface area contributed by atoms with Gasteiger partial charge in [-0.25, -0.2) is 13.1 Å². The number of benzene rings is 2. The molecule has 0 aromatic heterocycles. The number of hydrogen-bond acceptors (Lipinski definition) is 3. The van der Waals surface area contributed by atoms with Crippen LogP contribution in [0.2, 0.25) is 0 Å². The van der Waals surface area contributed by atoms with Crippen molar-refractivity contribution in [3.63, 3.8) is 0 Å². The Bertz CT molecular complexity index is 832. The third kappa shape index (κ3) is 3.82. The number of halogens is 1. The van der Waals surface area contributed by atoms with Crippen molar-refractivity contribution in [2.45, 2.75) is 37.1 Å². The first-order chi connectivity index (χ1) is 11.3. The monoisotopic (exact) mass is 409 g/mol. The molecule has 0 aliphatic carbocycles. The molecule has 2 aromatic rings. The van der Waals surface area contributed by atoms with Gasteiger partial charge < -0.3 is 4.74 Å². The van der Waals surface area contributed by atoms with Gasteiger partial charge in [0.25, 0.3) is 0 Å². The molecule has 1 N–H and O–H groups in total. The number of hydrogen-bond donors (Lipinski definition) is 1. The van der Waals surface area contributed by atoms with Gasteiger partial charge in [-0.05, 0) is 53.8 Å². The summed E-state index contributed by atoms with van der Waals surface area (Å²) in [7, 11) is -3.56. The lowest BCUT2D eigenvalue weighted by Crippen LogP contribution is -2.42. The van der Waals surface area contributed by atoms with Gasteiger partial charge in [0.1, 0.15) is 12.4 Å². The molecular formula is C18H20BrNO3S. The van der Waals surface area contributed by atoms with Crippen LogP contribution < -0.4 is 9.46 Å². The zero-order chi connectivity index (χ0) is 17.3. The van der Waals surface area contributed by atoms with Crippen molar-refractivity contribution in [3.05, 3.63) is 58.1 Å². The minimum absolute atomic E-state index is 0.276. The molecule has 0 spiro atoms. The van der Waals surface area contributed by atoms with E-state index >= 15 is 0 Å². The van der Waals surface area contributed by atoms with Crippen LogP contribution in [0.5, 0.6) is 5.75 Å². The van der Waals surface area contributed by atoms with Crippen LogP contribution >= 0.6 is 15.9 Å². The summed E-state index contributed by atoms with van der Waals surface area (Å²) in [5, 5.41) is 0. The third-order valence-corrected chi connectivity index (χ3v) is 6.14. The Morgan fingerprint density at radius 2 is 1.88 bits per heavy atom. The first-order valence-corrected chi connectivity index (χ1v) is 10.2. The van der Waals surface area contributed by atoms with Gasteiger partial charge in [0.15, 0.2) is 0 Å². The van der Waals surface area contributed by atoms with E-state index in [-0.39, 0.29) is 10.9 Å². The molecule has 24 heavy (non-hydrogen) atoms. The lowest BCUT2D eigenvalue weighted by Gasteiger charge is -2.26. The minimum Gasteiger partial charge on any atom is -0.492 e. The van der Waals surface area contributed by atoms with E-state index in [1.807, 2.05) is 30.3 Å². The molecule has 1 aliphatic heterocycles. The summed E-state index contributed by atoms with van der Waals surface area (Å²) in [6.07, 6.45) is 0.609. The lowest BCUT2D eigenvalue weighted by molar-refractivity contribution is 0.254. The normalized spacial score (nSPS) is 17.4. The highest BCUT2D eigenvalue weighted by Crippen LogP contribution is 2.28. The molecule has 0 amide bonds. The number of rotatable bonds is 4. The second kappa shape index (κ2) is 6.86. The highest BCUT2D eigenvalue weighted by Gasteiger charge is 2.25. The summed E-state index contributed by atoms with van der Waals surface area (Å²) in [6.45, 7) is 4.49. The number of fused-ring (bicyclic) bond motifs is 1. The van der Waals surface area contributed by atoms with Crippen molar-refractivity contribution in [2.75, 3.05) is 6.61 Å². The minimum atomic E-state index is -3.56. The van der Waals surface area contributed by atoms with Crippen LogP contribution in [-0.4, -0.2) is 21.1 Å². The summed E-state index contributed by atoms with van der Waals surface area (Å²) in [6, 6.07) is 12.5. The Morgan fingerprint density at radius 1 is 1.17 bits per heavy atom. The fourth-order valence-electron chi connectivity index (χ4n) is 2.76. The van der Waals surface area contributed by atoms with Crippen molar-refractivity contribution >= 4 is 26.0 Å². The molecule has 1 aliphatic rings. The number of ether oxygens (including phenoxy) is 1. The number of sulfonamides is 1. The van der Waals surface area contributed by atoms with Gasteiger partial charge in [0.2, 0.25) is 10.0 Å². The van der Waals surface area contributed by atoms with E-state index < -0.39 is 10.0 Å². The molecule has 2 aromatic carbocycles. The molecule has 4 nitrogen and oxygen atoms in total. The summed E-state index contributed by atoms with van der Waals surface area (Å²) in [5.41, 5.74) is 2.12. The summed E-state index contributed by atoms with van der Waals surface area (Å²) >= 11 is 3.43. The van der Waals surface area contributed by atoms with Gasteiger partial charge in [-0.1, -0.05) is 41.9 Å². The molecule has 0 saturated heterocycles. The molecule has 0 fully saturated rings. The van der Waals surface area contributed by atoms with E-state index in [1.54, 1.807) is 12.1 Å². The Kier molecular flexibility index (Phi) is 4.99. The van der Waals surface area contributed by atoms with E-state index in [0.29, 0.717) is 18.9 Å². The van der Waals surface area contributed by atoms with E-state index in [4.69, 9.17) is 4.74 Å². The van der Waals surface area contributed by atoms with Crippen LogP contribution in [0.4, 0.5) is 0 Å². The van der Waals surface area contributed by atoms with E-state index in [1.165, 1.54) is 0 Å². The lowest BCUT2D eigenvalue weighted by atomic mass is 10.0. The molecule has 1 unspecified atom stereocenters.